The first-order valence-electron chi connectivity index (χ1n) is 13.2. The van der Waals surface area contributed by atoms with Crippen LogP contribution in [0.1, 0.15) is 79.6 Å². The molecule has 0 spiro atoms. The molecule has 0 saturated heterocycles. The molecule has 37 heavy (non-hydrogen) atoms. The summed E-state index contributed by atoms with van der Waals surface area (Å²) < 4.78 is 1.80. The molecule has 0 bridgehead atoms. The predicted molar refractivity (Wildman–Crippen MR) is 153 cm³/mol. The number of aromatic nitrogens is 2. The molecule has 1 atom stereocenters. The number of primary amides is 1. The maximum Gasteiger partial charge on any atom is 0.263 e. The molecule has 2 heterocycles. The number of thioether (sulfide) groups is 1. The van der Waals surface area contributed by atoms with Gasteiger partial charge in [-0.1, -0.05) is 57.7 Å². The number of nitrogens with zero attached hydrogens (tertiary/aromatic N) is 2. The number of hydrogen-bond donors (Lipinski definition) is 2. The lowest BCUT2D eigenvalue weighted by Gasteiger charge is -2.17. The van der Waals surface area contributed by atoms with Gasteiger partial charge in [0.05, 0.1) is 11.1 Å². The van der Waals surface area contributed by atoms with E-state index in [1.165, 1.54) is 47.9 Å². The lowest BCUT2D eigenvalue weighted by molar-refractivity contribution is -0.113. The number of carbonyl (C=O) groups is 2. The van der Waals surface area contributed by atoms with E-state index in [2.05, 4.69) is 19.2 Å². The average molecular weight is 541 g/mol. The number of nitrogens with two attached hydrogens (primary N) is 1. The Morgan fingerprint density at radius 2 is 1.89 bits per heavy atom. The van der Waals surface area contributed by atoms with Crippen molar-refractivity contribution >= 4 is 50.8 Å². The van der Waals surface area contributed by atoms with E-state index in [9.17, 15) is 14.4 Å². The number of hydrogen-bond acceptors (Lipinski definition) is 6. The van der Waals surface area contributed by atoms with Crippen molar-refractivity contribution in [3.05, 3.63) is 50.6 Å². The third kappa shape index (κ3) is 6.82. The summed E-state index contributed by atoms with van der Waals surface area (Å²) in [5.41, 5.74) is 7.49. The molecule has 1 aliphatic rings. The molecule has 0 fully saturated rings. The highest BCUT2D eigenvalue weighted by molar-refractivity contribution is 7.99. The SMILES string of the molecule is CCCCCCCCn1c(SCC(=O)Nc2ccc(C(N)=O)cc2)nc2sc3c(c2c1=O)CCC(C)C3. The first-order chi connectivity index (χ1) is 17.9. The van der Waals surface area contributed by atoms with E-state index in [1.54, 1.807) is 40.2 Å². The van der Waals surface area contributed by atoms with E-state index in [1.807, 2.05) is 0 Å². The fourth-order valence-electron chi connectivity index (χ4n) is 4.81. The second kappa shape index (κ2) is 12.7. The summed E-state index contributed by atoms with van der Waals surface area (Å²) in [7, 11) is 0. The van der Waals surface area contributed by atoms with Crippen LogP contribution in [0.4, 0.5) is 5.69 Å². The van der Waals surface area contributed by atoms with Gasteiger partial charge in [-0.15, -0.1) is 11.3 Å². The van der Waals surface area contributed by atoms with Crippen molar-refractivity contribution in [1.29, 1.82) is 0 Å². The van der Waals surface area contributed by atoms with Crippen molar-refractivity contribution in [1.82, 2.24) is 9.55 Å². The first-order valence-corrected chi connectivity index (χ1v) is 15.0. The number of aryl methyl sites for hydroxylation is 1. The van der Waals surface area contributed by atoms with E-state index in [4.69, 9.17) is 10.7 Å². The van der Waals surface area contributed by atoms with Crippen molar-refractivity contribution in [2.45, 2.75) is 83.3 Å². The average Bonchev–Trinajstić information content (AvgIpc) is 3.23. The van der Waals surface area contributed by atoms with E-state index >= 15 is 0 Å². The molecule has 4 rings (SSSR count). The van der Waals surface area contributed by atoms with Gasteiger partial charge in [-0.2, -0.15) is 0 Å². The number of rotatable bonds is 12. The lowest BCUT2D eigenvalue weighted by Crippen LogP contribution is -2.25. The zero-order chi connectivity index (χ0) is 26.4. The van der Waals surface area contributed by atoms with E-state index in [0.29, 0.717) is 28.9 Å². The largest absolute Gasteiger partial charge is 0.366 e. The minimum Gasteiger partial charge on any atom is -0.366 e. The zero-order valence-electron chi connectivity index (χ0n) is 21.7. The number of amides is 2. The normalized spacial score (nSPS) is 15.0. The number of carbonyl (C=O) groups excluding carboxylic acids is 2. The topological polar surface area (TPSA) is 107 Å². The van der Waals surface area contributed by atoms with E-state index < -0.39 is 5.91 Å². The van der Waals surface area contributed by atoms with Gasteiger partial charge in [0.2, 0.25) is 11.8 Å². The molecule has 198 valence electrons. The van der Waals surface area contributed by atoms with Gasteiger partial charge in [0, 0.05) is 22.7 Å². The van der Waals surface area contributed by atoms with Crippen LogP contribution in [-0.4, -0.2) is 27.1 Å². The highest BCUT2D eigenvalue weighted by Crippen LogP contribution is 2.36. The van der Waals surface area contributed by atoms with Crippen molar-refractivity contribution in [2.75, 3.05) is 11.1 Å². The molecule has 0 saturated carbocycles. The van der Waals surface area contributed by atoms with Gasteiger partial charge in [0.1, 0.15) is 4.83 Å². The molecule has 1 aromatic carbocycles. The maximum atomic E-state index is 13.7. The molecule has 3 N–H and O–H groups in total. The van der Waals surface area contributed by atoms with Gasteiger partial charge < -0.3 is 11.1 Å². The Labute approximate surface area is 226 Å². The summed E-state index contributed by atoms with van der Waals surface area (Å²) >= 11 is 2.94. The quantitative estimate of drug-likeness (QED) is 0.172. The molecule has 9 heteroatoms. The molecular weight excluding hydrogens is 504 g/mol. The minimum atomic E-state index is -0.511. The molecule has 1 aliphatic carbocycles. The maximum absolute atomic E-state index is 13.7. The van der Waals surface area contributed by atoms with Gasteiger partial charge >= 0.3 is 0 Å². The molecule has 1 unspecified atom stereocenters. The molecule has 2 aromatic heterocycles. The van der Waals surface area contributed by atoms with Crippen molar-refractivity contribution in [3.63, 3.8) is 0 Å². The van der Waals surface area contributed by atoms with Crippen LogP contribution in [-0.2, 0) is 24.2 Å². The number of fused-ring (bicyclic) bond motifs is 3. The Bertz CT molecular complexity index is 1310. The van der Waals surface area contributed by atoms with Crippen molar-refractivity contribution in [3.8, 4) is 0 Å². The third-order valence-electron chi connectivity index (χ3n) is 6.90. The van der Waals surface area contributed by atoms with Gasteiger partial charge in [0.15, 0.2) is 5.16 Å². The highest BCUT2D eigenvalue weighted by atomic mass is 32.2. The molecule has 3 aromatic rings. The van der Waals surface area contributed by atoms with Gasteiger partial charge in [-0.05, 0) is 61.4 Å². The van der Waals surface area contributed by atoms with Gasteiger partial charge in [-0.3, -0.25) is 19.0 Å². The Morgan fingerprint density at radius 3 is 2.62 bits per heavy atom. The Hall–Kier alpha value is -2.65. The Kier molecular flexibility index (Phi) is 9.43. The number of nitrogens with one attached hydrogen (secondary N) is 1. The monoisotopic (exact) mass is 540 g/mol. The van der Waals surface area contributed by atoms with Crippen LogP contribution in [0.15, 0.2) is 34.2 Å². The van der Waals surface area contributed by atoms with E-state index in [0.717, 1.165) is 42.3 Å². The van der Waals surface area contributed by atoms with Crippen LogP contribution in [0.2, 0.25) is 0 Å². The summed E-state index contributed by atoms with van der Waals surface area (Å²) in [5, 5.41) is 4.24. The first kappa shape index (κ1) is 27.4. The summed E-state index contributed by atoms with van der Waals surface area (Å²) in [6, 6.07) is 6.47. The van der Waals surface area contributed by atoms with E-state index in [-0.39, 0.29) is 17.2 Å². The molecular formula is C28H36N4O3S2. The minimum absolute atomic E-state index is 0.0376. The van der Waals surface area contributed by atoms with Crippen LogP contribution >= 0.6 is 23.1 Å². The number of benzene rings is 1. The second-order valence-corrected chi connectivity index (χ2v) is 12.0. The van der Waals surface area contributed by atoms with Crippen LogP contribution < -0.4 is 16.6 Å². The number of anilines is 1. The summed E-state index contributed by atoms with van der Waals surface area (Å²) in [4.78, 5) is 44.7. The number of unbranched alkanes of at least 4 members (excludes halogenated alkanes) is 5. The Balaban J connectivity index is 1.52. The zero-order valence-corrected chi connectivity index (χ0v) is 23.3. The van der Waals surface area contributed by atoms with Crippen LogP contribution in [0.3, 0.4) is 0 Å². The van der Waals surface area contributed by atoms with Crippen molar-refractivity contribution < 1.29 is 9.59 Å². The van der Waals surface area contributed by atoms with Gasteiger partial charge in [-0.25, -0.2) is 4.98 Å². The fourth-order valence-corrected chi connectivity index (χ4v) is 7.06. The molecule has 0 aliphatic heterocycles. The third-order valence-corrected chi connectivity index (χ3v) is 9.03. The summed E-state index contributed by atoms with van der Waals surface area (Å²) in [6.07, 6.45) is 9.90. The van der Waals surface area contributed by atoms with Crippen molar-refractivity contribution in [2.24, 2.45) is 11.7 Å². The van der Waals surface area contributed by atoms with Crippen LogP contribution in [0, 0.1) is 5.92 Å². The molecule has 2 amide bonds. The second-order valence-electron chi connectivity index (χ2n) is 9.93. The summed E-state index contributed by atoms with van der Waals surface area (Å²) in [6.45, 7) is 5.09. The predicted octanol–water partition coefficient (Wildman–Crippen LogP) is 5.77. The molecule has 0 radical (unpaired) electrons. The smallest absolute Gasteiger partial charge is 0.263 e. The highest BCUT2D eigenvalue weighted by Gasteiger charge is 2.25. The number of thiophene rings is 1. The standard InChI is InChI=1S/C28H36N4O3S2/c1-3-4-5-6-7-8-15-32-27(35)24-21-14-9-18(2)16-22(21)37-26(24)31-28(32)36-17-23(33)30-20-12-10-19(11-13-20)25(29)34/h10-13,18H,3-9,14-17H2,1-2H3,(H2,29,34)(H,30,33). The lowest BCUT2D eigenvalue weighted by atomic mass is 9.89. The van der Waals surface area contributed by atoms with Gasteiger partial charge in [0.25, 0.3) is 5.56 Å². The van der Waals surface area contributed by atoms with Crippen LogP contribution in [0.25, 0.3) is 10.2 Å². The fraction of sp³-hybridized carbons (Fsp3) is 0.500. The van der Waals surface area contributed by atoms with Crippen LogP contribution in [0.5, 0.6) is 0 Å². The summed E-state index contributed by atoms with van der Waals surface area (Å²) in [5.74, 6) is 0.0498. The molecule has 7 nitrogen and oxygen atoms in total. The Morgan fingerprint density at radius 1 is 1.16 bits per heavy atom.